The normalized spacial score (nSPS) is 14.1. The smallest absolute Gasteiger partial charge is 0.0499 e. The van der Waals surface area contributed by atoms with Gasteiger partial charge in [-0.15, -0.1) is 0 Å². The minimum atomic E-state index is 0.602. The van der Waals surface area contributed by atoms with Crippen molar-refractivity contribution in [2.75, 3.05) is 26.8 Å². The maximum Gasteiger partial charge on any atom is 0.0499 e. The lowest BCUT2D eigenvalue weighted by Crippen LogP contribution is -2.23. The van der Waals surface area contributed by atoms with Gasteiger partial charge >= 0.3 is 0 Å². The van der Waals surface area contributed by atoms with Crippen molar-refractivity contribution in [3.8, 4) is 0 Å². The lowest BCUT2D eigenvalue weighted by molar-refractivity contribution is 0.159. The molecule has 0 radical (unpaired) electrons. The fourth-order valence-corrected chi connectivity index (χ4v) is 0.874. The Morgan fingerprint density at radius 2 is 2.27 bits per heavy atom. The number of allylic oxidation sites excluding steroid dienone is 1. The van der Waals surface area contributed by atoms with Crippen molar-refractivity contribution in [3.05, 3.63) is 12.2 Å². The summed E-state index contributed by atoms with van der Waals surface area (Å²) in [6, 6.07) is 0. The minimum absolute atomic E-state index is 0.602. The third-order valence-electron chi connectivity index (χ3n) is 1.44. The molecule has 0 fully saturated rings. The second-order valence-corrected chi connectivity index (χ2v) is 2.79. The first-order valence-corrected chi connectivity index (χ1v) is 4.12. The molecule has 0 rings (SSSR count). The van der Waals surface area contributed by atoms with Crippen LogP contribution in [0.3, 0.4) is 0 Å². The summed E-state index contributed by atoms with van der Waals surface area (Å²) in [6.45, 7) is 7.03. The van der Waals surface area contributed by atoms with Crippen LogP contribution in [0.2, 0.25) is 0 Å². The number of hydrogen-bond donors (Lipinski definition) is 1. The molecule has 0 amide bonds. The Hall–Kier alpha value is -0.340. The largest absolute Gasteiger partial charge is 0.384 e. The van der Waals surface area contributed by atoms with Crippen LogP contribution >= 0.6 is 0 Å². The van der Waals surface area contributed by atoms with Gasteiger partial charge in [-0.2, -0.15) is 0 Å². The zero-order valence-electron chi connectivity index (χ0n) is 7.76. The first kappa shape index (κ1) is 10.7. The van der Waals surface area contributed by atoms with Gasteiger partial charge in [-0.05, 0) is 12.8 Å². The van der Waals surface area contributed by atoms with Gasteiger partial charge in [0.25, 0.3) is 0 Å². The van der Waals surface area contributed by atoms with E-state index in [1.54, 1.807) is 7.11 Å². The Bertz CT molecular complexity index is 102. The third kappa shape index (κ3) is 7.56. The van der Waals surface area contributed by atoms with Gasteiger partial charge in [-0.25, -0.2) is 0 Å². The van der Waals surface area contributed by atoms with E-state index in [0.717, 1.165) is 19.7 Å². The molecule has 11 heavy (non-hydrogen) atoms. The Labute approximate surface area is 69.6 Å². The first-order valence-electron chi connectivity index (χ1n) is 4.12. The van der Waals surface area contributed by atoms with Crippen molar-refractivity contribution >= 4 is 0 Å². The van der Waals surface area contributed by atoms with Gasteiger partial charge in [0.05, 0.1) is 0 Å². The molecule has 0 aliphatic heterocycles. The highest BCUT2D eigenvalue weighted by atomic mass is 16.5. The van der Waals surface area contributed by atoms with Crippen LogP contribution < -0.4 is 5.32 Å². The Balaban J connectivity index is 3.10. The van der Waals surface area contributed by atoms with Crippen molar-refractivity contribution in [2.45, 2.75) is 13.8 Å². The molecule has 0 aromatic carbocycles. The number of ether oxygens (including phenoxy) is 1. The van der Waals surface area contributed by atoms with Gasteiger partial charge in [-0.1, -0.05) is 19.1 Å². The molecular formula is C9H19NO. The predicted molar refractivity (Wildman–Crippen MR) is 48.7 cm³/mol. The molecule has 2 heteroatoms. The molecule has 1 N–H and O–H groups in total. The highest BCUT2D eigenvalue weighted by molar-refractivity contribution is 4.79. The molecule has 0 aromatic rings. The van der Waals surface area contributed by atoms with Crippen molar-refractivity contribution in [2.24, 2.45) is 5.92 Å². The summed E-state index contributed by atoms with van der Waals surface area (Å²) in [6.07, 6.45) is 4.16. The van der Waals surface area contributed by atoms with Gasteiger partial charge in [0, 0.05) is 26.8 Å². The van der Waals surface area contributed by atoms with Crippen molar-refractivity contribution in [1.82, 2.24) is 5.32 Å². The van der Waals surface area contributed by atoms with Crippen LogP contribution in [0.15, 0.2) is 12.2 Å². The van der Waals surface area contributed by atoms with E-state index in [1.807, 2.05) is 13.0 Å². The fourth-order valence-electron chi connectivity index (χ4n) is 0.874. The quantitative estimate of drug-likeness (QED) is 0.465. The van der Waals surface area contributed by atoms with Gasteiger partial charge < -0.3 is 10.1 Å². The second-order valence-electron chi connectivity index (χ2n) is 2.79. The Kier molecular flexibility index (Phi) is 7.52. The van der Waals surface area contributed by atoms with Crippen LogP contribution in [0.4, 0.5) is 0 Å². The fraction of sp³-hybridized carbons (Fsp3) is 0.778. The number of rotatable bonds is 6. The predicted octanol–water partition coefficient (Wildman–Crippen LogP) is 1.43. The van der Waals surface area contributed by atoms with Gasteiger partial charge in [0.15, 0.2) is 0 Å². The second kappa shape index (κ2) is 7.76. The van der Waals surface area contributed by atoms with E-state index in [0.29, 0.717) is 5.92 Å². The van der Waals surface area contributed by atoms with Crippen molar-refractivity contribution < 1.29 is 4.74 Å². The molecular weight excluding hydrogens is 138 g/mol. The highest BCUT2D eigenvalue weighted by Gasteiger charge is 1.97. The molecule has 0 aliphatic rings. The van der Waals surface area contributed by atoms with Crippen LogP contribution in [0, 0.1) is 5.92 Å². The van der Waals surface area contributed by atoms with Crippen molar-refractivity contribution in [3.63, 3.8) is 0 Å². The topological polar surface area (TPSA) is 21.3 Å². The SMILES string of the molecule is C/C=C/CNCC(C)COC. The molecule has 0 aromatic heterocycles. The molecule has 0 bridgehead atoms. The summed E-state index contributed by atoms with van der Waals surface area (Å²) in [5.41, 5.74) is 0. The van der Waals surface area contributed by atoms with Crippen LogP contribution in [-0.2, 0) is 4.74 Å². The van der Waals surface area contributed by atoms with E-state index in [2.05, 4.69) is 18.3 Å². The Morgan fingerprint density at radius 3 is 2.82 bits per heavy atom. The maximum absolute atomic E-state index is 5.00. The van der Waals surface area contributed by atoms with E-state index in [9.17, 15) is 0 Å². The van der Waals surface area contributed by atoms with Gasteiger partial charge in [0.2, 0.25) is 0 Å². The first-order chi connectivity index (χ1) is 5.31. The zero-order valence-corrected chi connectivity index (χ0v) is 7.76. The minimum Gasteiger partial charge on any atom is -0.384 e. The summed E-state index contributed by atoms with van der Waals surface area (Å²) in [5, 5.41) is 3.30. The van der Waals surface area contributed by atoms with E-state index in [4.69, 9.17) is 4.74 Å². The zero-order chi connectivity index (χ0) is 8.53. The number of hydrogen-bond acceptors (Lipinski definition) is 2. The maximum atomic E-state index is 5.00. The third-order valence-corrected chi connectivity index (χ3v) is 1.44. The average molecular weight is 157 g/mol. The molecule has 1 unspecified atom stereocenters. The summed E-state index contributed by atoms with van der Waals surface area (Å²) >= 11 is 0. The van der Waals surface area contributed by atoms with Gasteiger partial charge in [-0.3, -0.25) is 0 Å². The molecule has 0 heterocycles. The van der Waals surface area contributed by atoms with E-state index >= 15 is 0 Å². The molecule has 66 valence electrons. The van der Waals surface area contributed by atoms with Crippen molar-refractivity contribution in [1.29, 1.82) is 0 Å². The Morgan fingerprint density at radius 1 is 1.55 bits per heavy atom. The molecule has 0 aliphatic carbocycles. The molecule has 2 nitrogen and oxygen atoms in total. The van der Waals surface area contributed by atoms with E-state index in [-0.39, 0.29) is 0 Å². The van der Waals surface area contributed by atoms with Crippen LogP contribution in [0.5, 0.6) is 0 Å². The van der Waals surface area contributed by atoms with Crippen LogP contribution in [0.25, 0.3) is 0 Å². The summed E-state index contributed by atoms with van der Waals surface area (Å²) in [5.74, 6) is 0.602. The highest BCUT2D eigenvalue weighted by Crippen LogP contribution is 1.91. The molecule has 1 atom stereocenters. The average Bonchev–Trinajstić information content (AvgIpc) is 1.99. The lowest BCUT2D eigenvalue weighted by Gasteiger charge is -2.09. The lowest BCUT2D eigenvalue weighted by atomic mass is 10.2. The summed E-state index contributed by atoms with van der Waals surface area (Å²) in [7, 11) is 1.74. The number of methoxy groups -OCH3 is 1. The number of nitrogens with one attached hydrogen (secondary N) is 1. The standard InChI is InChI=1S/C9H19NO/c1-4-5-6-10-7-9(2)8-11-3/h4-5,9-10H,6-8H2,1-3H3/b5-4+. The van der Waals surface area contributed by atoms with E-state index < -0.39 is 0 Å². The van der Waals surface area contributed by atoms with Crippen LogP contribution in [0.1, 0.15) is 13.8 Å². The molecule has 0 saturated heterocycles. The van der Waals surface area contributed by atoms with Crippen LogP contribution in [-0.4, -0.2) is 26.8 Å². The summed E-state index contributed by atoms with van der Waals surface area (Å²) < 4.78 is 5.00. The molecule has 0 spiro atoms. The van der Waals surface area contributed by atoms with Gasteiger partial charge in [0.1, 0.15) is 0 Å². The summed E-state index contributed by atoms with van der Waals surface area (Å²) in [4.78, 5) is 0. The molecule has 0 saturated carbocycles. The monoisotopic (exact) mass is 157 g/mol. The van der Waals surface area contributed by atoms with E-state index in [1.165, 1.54) is 0 Å².